The summed E-state index contributed by atoms with van der Waals surface area (Å²) in [6.45, 7) is 2.28. The second-order valence-electron chi connectivity index (χ2n) is 10.1. The molecule has 0 aliphatic rings. The Bertz CT molecular complexity index is 1580. The number of amides is 2. The molecule has 4 aromatic rings. The number of para-hydroxylation sites is 2. The Hall–Kier alpha value is -4.66. The average molecular weight is 650 g/mol. The van der Waals surface area contributed by atoms with Crippen LogP contribution in [0, 0.1) is 6.92 Å². The van der Waals surface area contributed by atoms with Gasteiger partial charge < -0.3 is 20.0 Å². The number of rotatable bonds is 12. The zero-order valence-electron chi connectivity index (χ0n) is 24.7. The zero-order chi connectivity index (χ0) is 32.8. The Morgan fingerprint density at radius 1 is 0.578 bits per heavy atom. The monoisotopic (exact) mass is 648 g/mol. The third-order valence-electron chi connectivity index (χ3n) is 6.65. The van der Waals surface area contributed by atoms with Gasteiger partial charge in [0.05, 0.1) is 35.7 Å². The molecule has 0 radical (unpaired) electrons. The summed E-state index contributed by atoms with van der Waals surface area (Å²) in [4.78, 5) is 49.8. The van der Waals surface area contributed by atoms with Crippen LogP contribution >= 0.6 is 23.2 Å². The van der Waals surface area contributed by atoms with E-state index in [9.17, 15) is 19.2 Å². The fourth-order valence-corrected chi connectivity index (χ4v) is 4.64. The van der Waals surface area contributed by atoms with Gasteiger partial charge in [0.25, 0.3) is 0 Å². The van der Waals surface area contributed by atoms with Gasteiger partial charge in [-0.25, -0.2) is 0 Å². The number of anilines is 2. The average Bonchev–Trinajstić information content (AvgIpc) is 3.01. The summed E-state index contributed by atoms with van der Waals surface area (Å²) in [5.41, 5.74) is 4.18. The topological polar surface area (TPSA) is 115 Å². The molecule has 0 aromatic heterocycles. The number of benzene rings is 4. The first-order valence-corrected chi connectivity index (χ1v) is 14.9. The van der Waals surface area contributed by atoms with Gasteiger partial charge in [0.2, 0.25) is 11.8 Å². The fraction of sp³-hybridized carbons (Fsp3) is 0.200. The summed E-state index contributed by atoms with van der Waals surface area (Å²) < 4.78 is 0. The van der Waals surface area contributed by atoms with Crippen molar-refractivity contribution in [2.45, 2.75) is 32.6 Å². The molecule has 45 heavy (non-hydrogen) atoms. The van der Waals surface area contributed by atoms with Crippen molar-refractivity contribution in [3.63, 3.8) is 0 Å². The van der Waals surface area contributed by atoms with E-state index in [2.05, 4.69) is 0 Å². The third-order valence-corrected chi connectivity index (χ3v) is 7.39. The van der Waals surface area contributed by atoms with Crippen LogP contribution in [0.3, 0.4) is 0 Å². The van der Waals surface area contributed by atoms with Crippen molar-refractivity contribution in [1.82, 2.24) is 0 Å². The van der Waals surface area contributed by atoms with Crippen LogP contribution in [0.25, 0.3) is 0 Å². The Morgan fingerprint density at radius 3 is 1.42 bits per heavy atom. The van der Waals surface area contributed by atoms with Crippen LogP contribution in [0.2, 0.25) is 10.0 Å². The molecule has 0 saturated carbocycles. The Kier molecular flexibility index (Phi) is 13.6. The molecule has 0 fully saturated rings. The van der Waals surface area contributed by atoms with Gasteiger partial charge in [-0.1, -0.05) is 95.5 Å². The highest BCUT2D eigenvalue weighted by Gasteiger charge is 2.18. The van der Waals surface area contributed by atoms with Crippen molar-refractivity contribution in [2.75, 3.05) is 22.9 Å². The van der Waals surface area contributed by atoms with Crippen LogP contribution in [0.15, 0.2) is 103 Å². The number of aliphatic carboxylic acids is 2. The highest BCUT2D eigenvalue weighted by atomic mass is 35.5. The van der Waals surface area contributed by atoms with Gasteiger partial charge in [-0.2, -0.15) is 0 Å². The quantitative estimate of drug-likeness (QED) is 0.169. The molecule has 10 heteroatoms. The van der Waals surface area contributed by atoms with E-state index in [-0.39, 0.29) is 50.6 Å². The van der Waals surface area contributed by atoms with E-state index in [0.717, 1.165) is 22.4 Å². The van der Waals surface area contributed by atoms with Gasteiger partial charge >= 0.3 is 11.9 Å². The summed E-state index contributed by atoms with van der Waals surface area (Å²) in [5, 5.41) is 18.6. The summed E-state index contributed by atoms with van der Waals surface area (Å²) in [7, 11) is 0. The van der Waals surface area contributed by atoms with Crippen molar-refractivity contribution >= 4 is 58.3 Å². The van der Waals surface area contributed by atoms with Crippen molar-refractivity contribution in [3.8, 4) is 0 Å². The van der Waals surface area contributed by atoms with Gasteiger partial charge in [0.1, 0.15) is 0 Å². The number of hydrogen-bond acceptors (Lipinski definition) is 4. The lowest BCUT2D eigenvalue weighted by Crippen LogP contribution is -2.34. The lowest BCUT2D eigenvalue weighted by Gasteiger charge is -2.22. The van der Waals surface area contributed by atoms with Crippen LogP contribution in [0.5, 0.6) is 0 Å². The molecule has 0 spiro atoms. The molecular weight excluding hydrogens is 615 g/mol. The number of halogens is 2. The molecular formula is C35H34Cl2N2O6. The molecule has 0 heterocycles. The number of nitrogens with zero attached hydrogens (tertiary/aromatic N) is 2. The van der Waals surface area contributed by atoms with Gasteiger partial charge in [-0.3, -0.25) is 19.2 Å². The fourth-order valence-electron chi connectivity index (χ4n) is 4.32. The first kappa shape index (κ1) is 34.8. The Morgan fingerprint density at radius 2 is 1.00 bits per heavy atom. The van der Waals surface area contributed by atoms with Gasteiger partial charge in [-0.15, -0.1) is 0 Å². The smallest absolute Gasteiger partial charge is 0.305 e. The number of carboxylic acid groups (broad SMARTS) is 2. The van der Waals surface area contributed by atoms with E-state index in [1.165, 1.54) is 9.80 Å². The van der Waals surface area contributed by atoms with Crippen LogP contribution in [0.1, 0.15) is 29.5 Å². The number of hydrogen-bond donors (Lipinski definition) is 2. The maximum atomic E-state index is 12.6. The minimum atomic E-state index is -0.951. The van der Waals surface area contributed by atoms with Gasteiger partial charge in [0.15, 0.2) is 0 Å². The first-order valence-electron chi connectivity index (χ1n) is 14.2. The molecule has 0 aliphatic heterocycles. The van der Waals surface area contributed by atoms with E-state index in [4.69, 9.17) is 33.4 Å². The van der Waals surface area contributed by atoms with E-state index in [1.807, 2.05) is 67.6 Å². The summed E-state index contributed by atoms with van der Waals surface area (Å²) in [5.74, 6) is -2.16. The molecule has 2 N–H and O–H groups in total. The lowest BCUT2D eigenvalue weighted by atomic mass is 10.1. The van der Waals surface area contributed by atoms with Crippen molar-refractivity contribution in [3.05, 3.63) is 130 Å². The second kappa shape index (κ2) is 17.6. The minimum absolute atomic E-state index is 0.0749. The van der Waals surface area contributed by atoms with E-state index in [1.54, 1.807) is 42.5 Å². The van der Waals surface area contributed by atoms with Crippen LogP contribution in [-0.4, -0.2) is 47.1 Å². The molecule has 4 rings (SSSR count). The van der Waals surface area contributed by atoms with Crippen LogP contribution in [-0.2, 0) is 32.0 Å². The normalized spacial score (nSPS) is 10.3. The minimum Gasteiger partial charge on any atom is -0.481 e. The van der Waals surface area contributed by atoms with Crippen LogP contribution < -0.4 is 9.80 Å². The predicted molar refractivity (Wildman–Crippen MR) is 177 cm³/mol. The Balaban J connectivity index is 0.000000246. The predicted octanol–water partition coefficient (Wildman–Crippen LogP) is 7.09. The van der Waals surface area contributed by atoms with E-state index < -0.39 is 11.9 Å². The number of aryl methyl sites for hydroxylation is 1. The third kappa shape index (κ3) is 11.7. The Labute approximate surface area is 272 Å². The van der Waals surface area contributed by atoms with E-state index in [0.29, 0.717) is 15.7 Å². The molecule has 2 amide bonds. The maximum Gasteiger partial charge on any atom is 0.305 e. The standard InChI is InChI=1S/C18H19NO3.C17H15Cl2NO3/c1-14-7-9-15(10-8-14)13-17(20)19(12-11-18(21)22)16-5-3-2-4-6-16;18-14-7-6-12(10-15(14)19)11-16(21)20(9-8-17(22)23)13-4-2-1-3-5-13/h2-10H,11-13H2,1H3,(H,21,22);1-7,10H,8-9,11H2,(H,22,23). The molecule has 0 aliphatic carbocycles. The first-order chi connectivity index (χ1) is 21.5. The molecule has 0 unspecified atom stereocenters. The summed E-state index contributed by atoms with van der Waals surface area (Å²) in [6, 6.07) is 30.9. The summed E-state index contributed by atoms with van der Waals surface area (Å²) >= 11 is 11.8. The number of carboxylic acids is 2. The SMILES string of the molecule is Cc1ccc(CC(=O)N(CCC(=O)O)c2ccccc2)cc1.O=C(O)CCN(C(=O)Cc1ccc(Cl)c(Cl)c1)c1ccccc1. The largest absolute Gasteiger partial charge is 0.481 e. The van der Waals surface area contributed by atoms with Crippen molar-refractivity contribution in [1.29, 1.82) is 0 Å². The zero-order valence-corrected chi connectivity index (χ0v) is 26.2. The molecule has 0 atom stereocenters. The summed E-state index contributed by atoms with van der Waals surface area (Å²) in [6.07, 6.45) is 0.177. The maximum absolute atomic E-state index is 12.6. The van der Waals surface area contributed by atoms with Crippen LogP contribution in [0.4, 0.5) is 11.4 Å². The number of carbonyl (C=O) groups is 4. The molecule has 8 nitrogen and oxygen atoms in total. The molecule has 0 bridgehead atoms. The molecule has 0 saturated heterocycles. The van der Waals surface area contributed by atoms with E-state index >= 15 is 0 Å². The lowest BCUT2D eigenvalue weighted by molar-refractivity contribution is -0.138. The highest BCUT2D eigenvalue weighted by Crippen LogP contribution is 2.24. The van der Waals surface area contributed by atoms with Crippen molar-refractivity contribution < 1.29 is 29.4 Å². The molecule has 4 aromatic carbocycles. The van der Waals surface area contributed by atoms with Gasteiger partial charge in [-0.05, 0) is 54.4 Å². The molecule has 234 valence electrons. The van der Waals surface area contributed by atoms with Crippen molar-refractivity contribution in [2.24, 2.45) is 0 Å². The second-order valence-corrected chi connectivity index (χ2v) is 11.0. The highest BCUT2D eigenvalue weighted by molar-refractivity contribution is 6.42. The number of carbonyl (C=O) groups excluding carboxylic acids is 2. The van der Waals surface area contributed by atoms with Gasteiger partial charge in [0, 0.05) is 24.5 Å².